The first-order valence-electron chi connectivity index (χ1n) is 12.1. The molecule has 0 heterocycles. The fourth-order valence-corrected chi connectivity index (χ4v) is 4.68. The Morgan fingerprint density at radius 1 is 0.895 bits per heavy atom. The van der Waals surface area contributed by atoms with Gasteiger partial charge in [0, 0.05) is 26.1 Å². The lowest BCUT2D eigenvalue weighted by molar-refractivity contribution is -0.141. The molecule has 0 aromatic heterocycles. The van der Waals surface area contributed by atoms with Crippen LogP contribution in [0.3, 0.4) is 0 Å². The van der Waals surface area contributed by atoms with Gasteiger partial charge in [-0.05, 0) is 28.8 Å². The van der Waals surface area contributed by atoms with E-state index < -0.39 is 40.2 Å². The van der Waals surface area contributed by atoms with Crippen LogP contribution >= 0.6 is 0 Å². The maximum atomic E-state index is 13.8. The second-order valence-corrected chi connectivity index (χ2v) is 10.9. The molecule has 0 fully saturated rings. The lowest BCUT2D eigenvalue weighted by Crippen LogP contribution is -2.53. The smallest absolute Gasteiger partial charge is 0.243 e. The van der Waals surface area contributed by atoms with Crippen molar-refractivity contribution < 1.29 is 22.4 Å². The normalized spacial score (nSPS) is 12.1. The Kier molecular flexibility index (Phi) is 10.3. The highest BCUT2D eigenvalue weighted by Gasteiger charge is 2.32. The van der Waals surface area contributed by atoms with Gasteiger partial charge in [-0.15, -0.1) is 6.58 Å². The van der Waals surface area contributed by atoms with E-state index in [0.29, 0.717) is 5.56 Å². The minimum Gasteiger partial charge on any atom is -0.351 e. The fraction of sp³-hybridized carbons (Fsp3) is 0.241. The van der Waals surface area contributed by atoms with Gasteiger partial charge in [0.1, 0.15) is 11.9 Å². The van der Waals surface area contributed by atoms with Crippen LogP contribution in [0.4, 0.5) is 4.39 Å². The van der Waals surface area contributed by atoms with Crippen LogP contribution in [0.1, 0.15) is 16.7 Å². The molecular weight excluding hydrogens is 505 g/mol. The number of hydrogen-bond acceptors (Lipinski definition) is 4. The van der Waals surface area contributed by atoms with Gasteiger partial charge in [0.05, 0.1) is 12.8 Å². The number of hydrogen-bond donors (Lipinski definition) is 1. The molecule has 0 unspecified atom stereocenters. The number of amides is 2. The second kappa shape index (κ2) is 13.6. The zero-order valence-electron chi connectivity index (χ0n) is 21.3. The number of rotatable bonds is 13. The first-order valence-corrected chi connectivity index (χ1v) is 14.0. The summed E-state index contributed by atoms with van der Waals surface area (Å²) < 4.78 is 40.0. The van der Waals surface area contributed by atoms with Crippen LogP contribution in [0.5, 0.6) is 0 Å². The number of nitrogens with zero attached hydrogens (tertiary/aromatic N) is 2. The number of halogens is 1. The summed E-state index contributed by atoms with van der Waals surface area (Å²) >= 11 is 0. The summed E-state index contributed by atoms with van der Waals surface area (Å²) in [6.07, 6.45) is 2.79. The van der Waals surface area contributed by atoms with E-state index in [2.05, 4.69) is 11.9 Å². The largest absolute Gasteiger partial charge is 0.351 e. The Hall–Kier alpha value is -3.82. The van der Waals surface area contributed by atoms with Gasteiger partial charge in [0.25, 0.3) is 0 Å². The average molecular weight is 538 g/mol. The lowest BCUT2D eigenvalue weighted by atomic mass is 10.0. The second-order valence-electron chi connectivity index (χ2n) is 8.90. The molecule has 3 aromatic carbocycles. The maximum absolute atomic E-state index is 13.8. The zero-order chi connectivity index (χ0) is 27.5. The fourth-order valence-electron chi connectivity index (χ4n) is 3.95. The first-order chi connectivity index (χ1) is 18.2. The third-order valence-electron chi connectivity index (χ3n) is 5.94. The molecule has 1 N–H and O–H groups in total. The molecule has 2 amide bonds. The number of sulfonamides is 1. The van der Waals surface area contributed by atoms with Gasteiger partial charge in [0.2, 0.25) is 21.8 Å². The summed E-state index contributed by atoms with van der Waals surface area (Å²) in [5.74, 6) is -1.38. The highest BCUT2D eigenvalue weighted by molar-refractivity contribution is 7.88. The molecular formula is C29H32FN3O4S. The SMILES string of the molecule is C=CCNC(=O)[C@H](Cc1ccccc1)N(Cc1ccc(F)cc1)C(=O)CN(Cc1ccccc1)S(C)(=O)=O. The third kappa shape index (κ3) is 8.64. The van der Waals surface area contributed by atoms with Gasteiger partial charge in [-0.1, -0.05) is 78.9 Å². The van der Waals surface area contributed by atoms with Crippen molar-refractivity contribution in [2.24, 2.45) is 0 Å². The van der Waals surface area contributed by atoms with Gasteiger partial charge in [-0.3, -0.25) is 9.59 Å². The monoisotopic (exact) mass is 537 g/mol. The van der Waals surface area contributed by atoms with E-state index in [9.17, 15) is 22.4 Å². The van der Waals surface area contributed by atoms with Gasteiger partial charge < -0.3 is 10.2 Å². The molecule has 9 heteroatoms. The molecule has 0 spiro atoms. The Balaban J connectivity index is 1.98. The molecule has 3 aromatic rings. The Bertz CT molecular complexity index is 1320. The van der Waals surface area contributed by atoms with Crippen molar-refractivity contribution in [1.29, 1.82) is 0 Å². The van der Waals surface area contributed by atoms with Crippen LogP contribution in [0, 0.1) is 5.82 Å². The minimum absolute atomic E-state index is 0.00180. The van der Waals surface area contributed by atoms with Crippen LogP contribution in [0.15, 0.2) is 97.6 Å². The molecule has 0 bridgehead atoms. The standard InChI is InChI=1S/C29H32FN3O4S/c1-3-18-31-29(35)27(19-23-10-6-4-7-11-23)33(21-25-14-16-26(30)17-15-25)28(34)22-32(38(2,36)37)20-24-12-8-5-9-13-24/h3-17,27H,1,18-22H2,2H3,(H,31,35)/t27-/m0/s1. The van der Waals surface area contributed by atoms with E-state index in [1.165, 1.54) is 35.2 Å². The molecule has 38 heavy (non-hydrogen) atoms. The Morgan fingerprint density at radius 2 is 1.45 bits per heavy atom. The average Bonchev–Trinajstić information content (AvgIpc) is 2.90. The van der Waals surface area contributed by atoms with Gasteiger partial charge in [-0.25, -0.2) is 12.8 Å². The summed E-state index contributed by atoms with van der Waals surface area (Å²) in [7, 11) is -3.77. The van der Waals surface area contributed by atoms with E-state index in [1.54, 1.807) is 24.3 Å². The van der Waals surface area contributed by atoms with Crippen molar-refractivity contribution in [3.05, 3.63) is 120 Å². The topological polar surface area (TPSA) is 86.8 Å². The molecule has 200 valence electrons. The molecule has 3 rings (SSSR count). The van der Waals surface area contributed by atoms with Crippen molar-refractivity contribution in [3.63, 3.8) is 0 Å². The molecule has 0 aliphatic rings. The van der Waals surface area contributed by atoms with Crippen molar-refractivity contribution in [2.45, 2.75) is 25.6 Å². The van der Waals surface area contributed by atoms with Crippen molar-refractivity contribution in [1.82, 2.24) is 14.5 Å². The summed E-state index contributed by atoms with van der Waals surface area (Å²) in [6.45, 7) is 3.36. The van der Waals surface area contributed by atoms with Crippen LogP contribution < -0.4 is 5.32 Å². The maximum Gasteiger partial charge on any atom is 0.243 e. The predicted molar refractivity (Wildman–Crippen MR) is 146 cm³/mol. The molecule has 1 atom stereocenters. The molecule has 7 nitrogen and oxygen atoms in total. The van der Waals surface area contributed by atoms with Crippen LogP contribution in [-0.2, 0) is 39.1 Å². The molecule has 0 aliphatic carbocycles. The van der Waals surface area contributed by atoms with Crippen LogP contribution in [0.2, 0.25) is 0 Å². The van der Waals surface area contributed by atoms with Gasteiger partial charge in [-0.2, -0.15) is 4.31 Å². The van der Waals surface area contributed by atoms with E-state index >= 15 is 0 Å². The molecule has 0 radical (unpaired) electrons. The molecule has 0 saturated carbocycles. The van der Waals surface area contributed by atoms with Crippen molar-refractivity contribution in [3.8, 4) is 0 Å². The highest BCUT2D eigenvalue weighted by atomic mass is 32.2. The molecule has 0 aliphatic heterocycles. The van der Waals surface area contributed by atoms with E-state index in [-0.39, 0.29) is 26.1 Å². The van der Waals surface area contributed by atoms with Crippen molar-refractivity contribution in [2.75, 3.05) is 19.3 Å². The number of benzene rings is 3. The minimum atomic E-state index is -3.77. The lowest BCUT2D eigenvalue weighted by Gasteiger charge is -2.33. The summed E-state index contributed by atoms with van der Waals surface area (Å²) in [6, 6.07) is 22.9. The molecule has 0 saturated heterocycles. The number of carbonyl (C=O) groups is 2. The summed E-state index contributed by atoms with van der Waals surface area (Å²) in [5.41, 5.74) is 2.15. The zero-order valence-corrected chi connectivity index (χ0v) is 22.1. The highest BCUT2D eigenvalue weighted by Crippen LogP contribution is 2.17. The third-order valence-corrected chi connectivity index (χ3v) is 7.14. The Labute approximate surface area is 223 Å². The predicted octanol–water partition coefficient (Wildman–Crippen LogP) is 3.53. The van der Waals surface area contributed by atoms with E-state index in [0.717, 1.165) is 21.7 Å². The number of carbonyl (C=O) groups excluding carboxylic acids is 2. The van der Waals surface area contributed by atoms with Crippen molar-refractivity contribution >= 4 is 21.8 Å². The quantitative estimate of drug-likeness (QED) is 0.338. The van der Waals surface area contributed by atoms with Crippen LogP contribution in [-0.4, -0.2) is 54.8 Å². The first kappa shape index (κ1) is 28.7. The summed E-state index contributed by atoms with van der Waals surface area (Å²) in [4.78, 5) is 28.5. The van der Waals surface area contributed by atoms with E-state index in [4.69, 9.17) is 0 Å². The van der Waals surface area contributed by atoms with E-state index in [1.807, 2.05) is 36.4 Å². The Morgan fingerprint density at radius 3 is 2.00 bits per heavy atom. The van der Waals surface area contributed by atoms with Gasteiger partial charge in [0.15, 0.2) is 0 Å². The van der Waals surface area contributed by atoms with Gasteiger partial charge >= 0.3 is 0 Å². The summed E-state index contributed by atoms with van der Waals surface area (Å²) in [5, 5.41) is 2.76. The number of nitrogens with one attached hydrogen (secondary N) is 1. The van der Waals surface area contributed by atoms with Crippen LogP contribution in [0.25, 0.3) is 0 Å².